The Hall–Kier alpha value is -2.41. The predicted molar refractivity (Wildman–Crippen MR) is 79.4 cm³/mol. The first-order chi connectivity index (χ1) is 10.2. The molecule has 1 aromatic carbocycles. The lowest BCUT2D eigenvalue weighted by Gasteiger charge is -2.08. The fraction of sp³-hybridized carbons (Fsp3) is 0.214. The standard InChI is InChI=1S/C14H12N2O4S/c1-18-10-4-7-8-6-21-13(14(17)20-3)12(8)16-15-9(7)5-11(10)19-2/h4-6H,1-3H3. The van der Waals surface area contributed by atoms with E-state index in [1.807, 2.05) is 11.4 Å². The van der Waals surface area contributed by atoms with Gasteiger partial charge in [0.15, 0.2) is 11.5 Å². The maximum Gasteiger partial charge on any atom is 0.350 e. The Balaban J connectivity index is 2.33. The summed E-state index contributed by atoms with van der Waals surface area (Å²) < 4.78 is 15.3. The Kier molecular flexibility index (Phi) is 3.34. The van der Waals surface area contributed by atoms with Crippen molar-refractivity contribution >= 4 is 39.1 Å². The van der Waals surface area contributed by atoms with Crippen LogP contribution in [0.3, 0.4) is 0 Å². The molecule has 0 radical (unpaired) electrons. The number of hydrogen-bond acceptors (Lipinski definition) is 7. The summed E-state index contributed by atoms with van der Waals surface area (Å²) in [5.41, 5.74) is 1.21. The summed E-state index contributed by atoms with van der Waals surface area (Å²) in [7, 11) is 4.48. The molecular formula is C14H12N2O4S. The van der Waals surface area contributed by atoms with Gasteiger partial charge in [0.05, 0.1) is 26.8 Å². The predicted octanol–water partition coefficient (Wildman–Crippen LogP) is 2.65. The molecule has 2 heterocycles. The number of fused-ring (bicyclic) bond motifs is 3. The van der Waals surface area contributed by atoms with Crippen LogP contribution in [0.5, 0.6) is 11.5 Å². The SMILES string of the molecule is COC(=O)c1scc2c1nnc1cc(OC)c(OC)cc12. The zero-order chi connectivity index (χ0) is 15.0. The minimum absolute atomic E-state index is 0.413. The van der Waals surface area contributed by atoms with Gasteiger partial charge in [0.2, 0.25) is 0 Å². The van der Waals surface area contributed by atoms with Crippen LogP contribution in [-0.4, -0.2) is 37.5 Å². The minimum atomic E-state index is -0.413. The van der Waals surface area contributed by atoms with Crippen LogP contribution in [0.15, 0.2) is 17.5 Å². The maximum atomic E-state index is 11.7. The number of thiophene rings is 1. The van der Waals surface area contributed by atoms with E-state index in [4.69, 9.17) is 14.2 Å². The van der Waals surface area contributed by atoms with Crippen LogP contribution in [0, 0.1) is 0 Å². The third kappa shape index (κ3) is 2.06. The fourth-order valence-electron chi connectivity index (χ4n) is 2.15. The molecule has 0 saturated heterocycles. The van der Waals surface area contributed by atoms with E-state index in [1.54, 1.807) is 20.3 Å². The van der Waals surface area contributed by atoms with Gasteiger partial charge in [-0.2, -0.15) is 0 Å². The van der Waals surface area contributed by atoms with Crippen LogP contribution < -0.4 is 9.47 Å². The van der Waals surface area contributed by atoms with Crippen molar-refractivity contribution in [2.75, 3.05) is 21.3 Å². The number of nitrogens with zero attached hydrogens (tertiary/aromatic N) is 2. The highest BCUT2D eigenvalue weighted by atomic mass is 32.1. The van der Waals surface area contributed by atoms with Gasteiger partial charge in [-0.15, -0.1) is 21.5 Å². The van der Waals surface area contributed by atoms with E-state index in [0.29, 0.717) is 27.4 Å². The maximum absolute atomic E-state index is 11.7. The molecule has 0 spiro atoms. The Morgan fingerprint density at radius 2 is 1.76 bits per heavy atom. The largest absolute Gasteiger partial charge is 0.493 e. The average molecular weight is 304 g/mol. The molecule has 0 aliphatic heterocycles. The molecule has 6 nitrogen and oxygen atoms in total. The molecule has 0 unspecified atom stereocenters. The highest BCUT2D eigenvalue weighted by Gasteiger charge is 2.18. The van der Waals surface area contributed by atoms with E-state index >= 15 is 0 Å². The van der Waals surface area contributed by atoms with E-state index in [9.17, 15) is 4.79 Å². The first-order valence-electron chi connectivity index (χ1n) is 6.07. The third-order valence-corrected chi connectivity index (χ3v) is 4.13. The molecule has 7 heteroatoms. The van der Waals surface area contributed by atoms with Crippen molar-refractivity contribution in [3.8, 4) is 11.5 Å². The van der Waals surface area contributed by atoms with E-state index in [1.165, 1.54) is 18.4 Å². The van der Waals surface area contributed by atoms with Gasteiger partial charge in [-0.25, -0.2) is 4.79 Å². The molecule has 0 aliphatic carbocycles. The van der Waals surface area contributed by atoms with Gasteiger partial charge >= 0.3 is 5.97 Å². The van der Waals surface area contributed by atoms with E-state index in [-0.39, 0.29) is 0 Å². The Morgan fingerprint density at radius 3 is 2.43 bits per heavy atom. The molecule has 3 aromatic rings. The van der Waals surface area contributed by atoms with Crippen molar-refractivity contribution in [3.05, 3.63) is 22.4 Å². The first-order valence-corrected chi connectivity index (χ1v) is 6.95. The minimum Gasteiger partial charge on any atom is -0.493 e. The number of hydrogen-bond donors (Lipinski definition) is 0. The molecule has 3 rings (SSSR count). The summed E-state index contributed by atoms with van der Waals surface area (Å²) in [6.07, 6.45) is 0. The van der Waals surface area contributed by atoms with Crippen LogP contribution in [0.25, 0.3) is 21.8 Å². The molecule has 2 aromatic heterocycles. The number of aromatic nitrogens is 2. The molecule has 0 N–H and O–H groups in total. The van der Waals surface area contributed by atoms with Crippen LogP contribution >= 0.6 is 11.3 Å². The second-order valence-corrected chi connectivity index (χ2v) is 5.12. The molecule has 0 aliphatic rings. The van der Waals surface area contributed by atoms with Gasteiger partial charge in [-0.3, -0.25) is 0 Å². The quantitative estimate of drug-likeness (QED) is 0.693. The van der Waals surface area contributed by atoms with E-state index in [0.717, 1.165) is 10.8 Å². The zero-order valence-electron chi connectivity index (χ0n) is 11.7. The van der Waals surface area contributed by atoms with Crippen molar-refractivity contribution < 1.29 is 19.0 Å². The first kappa shape index (κ1) is 13.6. The summed E-state index contributed by atoms with van der Waals surface area (Å²) >= 11 is 1.28. The molecule has 21 heavy (non-hydrogen) atoms. The molecule has 0 bridgehead atoms. The van der Waals surface area contributed by atoms with Crippen LogP contribution in [0.1, 0.15) is 9.67 Å². The van der Waals surface area contributed by atoms with Gasteiger partial charge in [0.25, 0.3) is 0 Å². The molecule has 0 atom stereocenters. The number of methoxy groups -OCH3 is 3. The summed E-state index contributed by atoms with van der Waals surface area (Å²) in [6, 6.07) is 3.59. The lowest BCUT2D eigenvalue weighted by molar-refractivity contribution is 0.0608. The van der Waals surface area contributed by atoms with Crippen LogP contribution in [0.4, 0.5) is 0 Å². The van der Waals surface area contributed by atoms with Crippen molar-refractivity contribution in [1.82, 2.24) is 10.2 Å². The average Bonchev–Trinajstić information content (AvgIpc) is 2.96. The Labute approximate surface area is 124 Å². The number of esters is 1. The van der Waals surface area contributed by atoms with Gasteiger partial charge in [0, 0.05) is 22.2 Å². The summed E-state index contributed by atoms with van der Waals surface area (Å²) in [4.78, 5) is 12.2. The van der Waals surface area contributed by atoms with Crippen LogP contribution in [-0.2, 0) is 4.74 Å². The third-order valence-electron chi connectivity index (χ3n) is 3.19. The highest BCUT2D eigenvalue weighted by molar-refractivity contribution is 7.13. The van der Waals surface area contributed by atoms with E-state index < -0.39 is 5.97 Å². The van der Waals surface area contributed by atoms with Gasteiger partial charge in [-0.1, -0.05) is 0 Å². The monoisotopic (exact) mass is 304 g/mol. The summed E-state index contributed by atoms with van der Waals surface area (Å²) in [5, 5.41) is 11.8. The number of benzene rings is 1. The molecule has 108 valence electrons. The lowest BCUT2D eigenvalue weighted by Crippen LogP contribution is -2.00. The number of rotatable bonds is 3. The Bertz CT molecular complexity index is 844. The van der Waals surface area contributed by atoms with Crippen molar-refractivity contribution in [3.63, 3.8) is 0 Å². The molecule has 0 saturated carbocycles. The normalized spacial score (nSPS) is 10.8. The molecule has 0 amide bonds. The number of carbonyl (C=O) groups excluding carboxylic acids is 1. The second-order valence-electron chi connectivity index (χ2n) is 4.24. The lowest BCUT2D eigenvalue weighted by atomic mass is 10.1. The topological polar surface area (TPSA) is 70.5 Å². The smallest absolute Gasteiger partial charge is 0.350 e. The fourth-order valence-corrected chi connectivity index (χ4v) is 3.07. The number of carbonyl (C=O) groups is 1. The van der Waals surface area contributed by atoms with Gasteiger partial charge in [0.1, 0.15) is 10.4 Å². The second kappa shape index (κ2) is 5.17. The highest BCUT2D eigenvalue weighted by Crippen LogP contribution is 2.36. The van der Waals surface area contributed by atoms with Crippen molar-refractivity contribution in [2.45, 2.75) is 0 Å². The van der Waals surface area contributed by atoms with Gasteiger partial charge < -0.3 is 14.2 Å². The van der Waals surface area contributed by atoms with Crippen molar-refractivity contribution in [2.24, 2.45) is 0 Å². The summed E-state index contributed by atoms with van der Waals surface area (Å²) in [6.45, 7) is 0. The molecular weight excluding hydrogens is 292 g/mol. The zero-order valence-corrected chi connectivity index (χ0v) is 12.5. The Morgan fingerprint density at radius 1 is 1.05 bits per heavy atom. The van der Waals surface area contributed by atoms with Crippen molar-refractivity contribution in [1.29, 1.82) is 0 Å². The van der Waals surface area contributed by atoms with Gasteiger partial charge in [-0.05, 0) is 6.07 Å². The number of ether oxygens (including phenoxy) is 3. The molecule has 0 fully saturated rings. The van der Waals surface area contributed by atoms with E-state index in [2.05, 4.69) is 10.2 Å². The van der Waals surface area contributed by atoms with Crippen LogP contribution in [0.2, 0.25) is 0 Å². The summed E-state index contributed by atoms with van der Waals surface area (Å²) in [5.74, 6) is 0.774.